The summed E-state index contributed by atoms with van der Waals surface area (Å²) in [6, 6.07) is 10.7. The van der Waals surface area contributed by atoms with Crippen molar-refractivity contribution in [3.05, 3.63) is 47.0 Å². The highest BCUT2D eigenvalue weighted by molar-refractivity contribution is 8.02. The van der Waals surface area contributed by atoms with E-state index in [2.05, 4.69) is 52.5 Å². The minimum atomic E-state index is 0.260. The van der Waals surface area contributed by atoms with Crippen LogP contribution in [-0.2, 0) is 11.3 Å². The van der Waals surface area contributed by atoms with E-state index in [9.17, 15) is 4.79 Å². The molecule has 134 valence electrons. The molecular weight excluding hydrogens is 328 g/mol. The van der Waals surface area contributed by atoms with Crippen molar-refractivity contribution in [3.63, 3.8) is 0 Å². The molecule has 3 atom stereocenters. The van der Waals surface area contributed by atoms with Crippen molar-refractivity contribution in [2.24, 2.45) is 11.8 Å². The largest absolute Gasteiger partial charge is 0.366 e. The second-order valence-corrected chi connectivity index (χ2v) is 8.93. The van der Waals surface area contributed by atoms with E-state index in [4.69, 9.17) is 0 Å². The topological polar surface area (TPSA) is 23.6 Å². The number of carbonyl (C=O) groups is 1. The van der Waals surface area contributed by atoms with E-state index >= 15 is 0 Å². The number of Topliss-reactive ketones (excluding diaryl/α,β-unsaturated/α-hetero) is 1. The molecule has 25 heavy (non-hydrogen) atoms. The van der Waals surface area contributed by atoms with E-state index in [1.54, 1.807) is 0 Å². The number of carbonyl (C=O) groups excluding carboxylic acids is 1. The number of rotatable bonds is 3. The Morgan fingerprint density at radius 3 is 2.60 bits per heavy atom. The highest BCUT2D eigenvalue weighted by atomic mass is 32.2. The van der Waals surface area contributed by atoms with Crippen LogP contribution in [0.5, 0.6) is 0 Å². The summed E-state index contributed by atoms with van der Waals surface area (Å²) in [5.74, 6) is 1.38. The molecule has 3 unspecified atom stereocenters. The van der Waals surface area contributed by atoms with Crippen molar-refractivity contribution >= 4 is 17.5 Å². The minimum absolute atomic E-state index is 0.260. The monoisotopic (exact) mass is 356 g/mol. The molecule has 1 aromatic rings. The molecule has 2 fully saturated rings. The van der Waals surface area contributed by atoms with Crippen molar-refractivity contribution in [1.29, 1.82) is 0 Å². The Hall–Kier alpha value is -1.26. The SMILES string of the molecule is CC1CCC2SC=C(N3CCN(Cc4ccccc4)CC3)C(=O)C2C1. The zero-order valence-electron chi connectivity index (χ0n) is 15.1. The van der Waals surface area contributed by atoms with E-state index in [-0.39, 0.29) is 5.92 Å². The maximum atomic E-state index is 13.0. The molecule has 2 heterocycles. The first-order valence-corrected chi connectivity index (χ1v) is 10.6. The lowest BCUT2D eigenvalue weighted by Gasteiger charge is -2.41. The molecule has 3 aliphatic rings. The summed E-state index contributed by atoms with van der Waals surface area (Å²) in [6.07, 6.45) is 3.57. The van der Waals surface area contributed by atoms with Crippen LogP contribution in [0, 0.1) is 11.8 Å². The van der Waals surface area contributed by atoms with Gasteiger partial charge in [-0.3, -0.25) is 9.69 Å². The van der Waals surface area contributed by atoms with Gasteiger partial charge in [-0.2, -0.15) is 0 Å². The van der Waals surface area contributed by atoms with Gasteiger partial charge in [0.25, 0.3) is 0 Å². The smallest absolute Gasteiger partial charge is 0.183 e. The minimum Gasteiger partial charge on any atom is -0.366 e. The number of fused-ring (bicyclic) bond motifs is 1. The second kappa shape index (κ2) is 7.55. The third-order valence-electron chi connectivity index (χ3n) is 5.95. The zero-order chi connectivity index (χ0) is 17.2. The molecule has 1 saturated carbocycles. The fourth-order valence-electron chi connectivity index (χ4n) is 4.41. The van der Waals surface area contributed by atoms with Crippen molar-refractivity contribution in [2.45, 2.75) is 38.0 Å². The average Bonchev–Trinajstić information content (AvgIpc) is 2.64. The third-order valence-corrected chi connectivity index (χ3v) is 7.23. The molecule has 0 radical (unpaired) electrons. The number of piperazine rings is 1. The quantitative estimate of drug-likeness (QED) is 0.823. The van der Waals surface area contributed by atoms with E-state index in [1.807, 2.05) is 11.8 Å². The molecule has 0 bridgehead atoms. The lowest BCUT2D eigenvalue weighted by Crippen LogP contribution is -2.48. The van der Waals surface area contributed by atoms with Crippen molar-refractivity contribution in [2.75, 3.05) is 26.2 Å². The molecule has 1 saturated heterocycles. The Balaban J connectivity index is 1.36. The highest BCUT2D eigenvalue weighted by Gasteiger charge is 2.39. The van der Waals surface area contributed by atoms with Gasteiger partial charge in [-0.15, -0.1) is 11.8 Å². The Bertz CT molecular complexity index is 637. The van der Waals surface area contributed by atoms with Crippen molar-refractivity contribution < 1.29 is 4.79 Å². The van der Waals surface area contributed by atoms with E-state index in [1.165, 1.54) is 18.4 Å². The van der Waals surface area contributed by atoms with E-state index < -0.39 is 0 Å². The molecule has 0 N–H and O–H groups in total. The first kappa shape index (κ1) is 17.2. The Kier molecular flexibility index (Phi) is 5.18. The van der Waals surface area contributed by atoms with Crippen LogP contribution in [-0.4, -0.2) is 47.0 Å². The van der Waals surface area contributed by atoms with Crippen LogP contribution in [0.3, 0.4) is 0 Å². The molecular formula is C21H28N2OS. The molecule has 0 aromatic heterocycles. The molecule has 4 rings (SSSR count). The third kappa shape index (κ3) is 3.80. The molecule has 1 aliphatic carbocycles. The van der Waals surface area contributed by atoms with Crippen LogP contribution >= 0.6 is 11.8 Å². The fourth-order valence-corrected chi connectivity index (χ4v) is 5.68. The molecule has 1 aromatic carbocycles. The molecule has 0 amide bonds. The summed E-state index contributed by atoms with van der Waals surface area (Å²) in [5.41, 5.74) is 2.37. The second-order valence-electron chi connectivity index (χ2n) is 7.82. The fraction of sp³-hybridized carbons (Fsp3) is 0.571. The predicted octanol–water partition coefficient (Wildman–Crippen LogP) is 3.77. The van der Waals surface area contributed by atoms with E-state index in [0.29, 0.717) is 17.0 Å². The molecule has 0 spiro atoms. The normalized spacial score (nSPS) is 30.8. The Morgan fingerprint density at radius 2 is 1.84 bits per heavy atom. The predicted molar refractivity (Wildman–Crippen MR) is 104 cm³/mol. The van der Waals surface area contributed by atoms with Gasteiger partial charge in [0.15, 0.2) is 5.78 Å². The van der Waals surface area contributed by atoms with Crippen LogP contribution in [0.1, 0.15) is 31.7 Å². The van der Waals surface area contributed by atoms with E-state index in [0.717, 1.165) is 44.8 Å². The molecule has 4 heteroatoms. The number of ketones is 1. The number of thioether (sulfide) groups is 1. The average molecular weight is 357 g/mol. The first-order chi connectivity index (χ1) is 12.2. The summed E-state index contributed by atoms with van der Waals surface area (Å²) >= 11 is 1.92. The van der Waals surface area contributed by atoms with Gasteiger partial charge in [-0.25, -0.2) is 0 Å². The van der Waals surface area contributed by atoms with Gasteiger partial charge < -0.3 is 4.90 Å². The summed E-state index contributed by atoms with van der Waals surface area (Å²) < 4.78 is 0. The number of hydrogen-bond donors (Lipinski definition) is 0. The van der Waals surface area contributed by atoms with Gasteiger partial charge in [-0.1, -0.05) is 37.3 Å². The van der Waals surface area contributed by atoms with Crippen LogP contribution in [0.25, 0.3) is 0 Å². The van der Waals surface area contributed by atoms with Gasteiger partial charge in [0, 0.05) is 43.9 Å². The van der Waals surface area contributed by atoms with Crippen LogP contribution in [0.15, 0.2) is 41.4 Å². The van der Waals surface area contributed by atoms with Gasteiger partial charge >= 0.3 is 0 Å². The van der Waals surface area contributed by atoms with Crippen LogP contribution in [0.2, 0.25) is 0 Å². The summed E-state index contributed by atoms with van der Waals surface area (Å²) in [4.78, 5) is 17.9. The van der Waals surface area contributed by atoms with Gasteiger partial charge in [0.1, 0.15) is 0 Å². The van der Waals surface area contributed by atoms with Crippen molar-refractivity contribution in [3.8, 4) is 0 Å². The standard InChI is InChI=1S/C21H28N2OS/c1-16-7-8-20-18(13-16)21(24)19(15-25-20)23-11-9-22(10-12-23)14-17-5-3-2-4-6-17/h2-6,15-16,18,20H,7-14H2,1H3. The lowest BCUT2D eigenvalue weighted by molar-refractivity contribution is -0.122. The number of nitrogens with zero attached hydrogens (tertiary/aromatic N) is 2. The van der Waals surface area contributed by atoms with Crippen molar-refractivity contribution in [1.82, 2.24) is 9.80 Å². The summed E-state index contributed by atoms with van der Waals surface area (Å²) in [6.45, 7) is 7.33. The summed E-state index contributed by atoms with van der Waals surface area (Å²) in [5, 5.41) is 2.71. The first-order valence-electron chi connectivity index (χ1n) is 9.62. The Labute approximate surface area is 155 Å². The Morgan fingerprint density at radius 1 is 1.08 bits per heavy atom. The maximum absolute atomic E-state index is 13.0. The highest BCUT2D eigenvalue weighted by Crippen LogP contribution is 2.42. The van der Waals surface area contributed by atoms with Crippen LogP contribution in [0.4, 0.5) is 0 Å². The van der Waals surface area contributed by atoms with Gasteiger partial charge in [-0.05, 0) is 36.2 Å². The lowest BCUT2D eigenvalue weighted by atomic mass is 9.79. The molecule has 2 aliphatic heterocycles. The maximum Gasteiger partial charge on any atom is 0.183 e. The number of allylic oxidation sites excluding steroid dienone is 1. The summed E-state index contributed by atoms with van der Waals surface area (Å²) in [7, 11) is 0. The zero-order valence-corrected chi connectivity index (χ0v) is 15.9. The van der Waals surface area contributed by atoms with Crippen LogP contribution < -0.4 is 0 Å². The van der Waals surface area contributed by atoms with Gasteiger partial charge in [0.2, 0.25) is 0 Å². The van der Waals surface area contributed by atoms with Gasteiger partial charge in [0.05, 0.1) is 5.70 Å². The number of hydrogen-bond acceptors (Lipinski definition) is 4. The number of benzene rings is 1. The molecule has 3 nitrogen and oxygen atoms in total.